The van der Waals surface area contributed by atoms with Crippen LogP contribution in [0.2, 0.25) is 0 Å². The molecule has 0 spiro atoms. The second-order valence-corrected chi connectivity index (χ2v) is 7.96. The molecule has 5 radical (unpaired) electrons. The van der Waals surface area contributed by atoms with Crippen LogP contribution in [0.3, 0.4) is 0 Å². The van der Waals surface area contributed by atoms with Gasteiger partial charge in [0.25, 0.3) is 0 Å². The minimum absolute atomic E-state index is 0. The molecule has 11 heteroatoms. The van der Waals surface area contributed by atoms with E-state index in [1.54, 1.807) is 7.11 Å². The van der Waals surface area contributed by atoms with E-state index < -0.39 is 7.81 Å². The Balaban J connectivity index is 0.000000501. The van der Waals surface area contributed by atoms with E-state index in [4.69, 9.17) is 9.47 Å². The number of hydrogen-bond acceptors (Lipinski definition) is 2. The SMILES string of the molecule is COc1ccccc1Oc1ccc(Br)cc1.F[P-](F)(F)(F)(F)F.[CH]1[CH][CH][CH][CH]1.[Fe+2]. The molecule has 29 heavy (non-hydrogen) atoms. The van der Waals surface area contributed by atoms with Crippen LogP contribution in [0.1, 0.15) is 0 Å². The zero-order valence-electron chi connectivity index (χ0n) is 14.8. The molecule has 3 rings (SSSR count). The summed E-state index contributed by atoms with van der Waals surface area (Å²) in [5, 5.41) is 0. The standard InChI is InChI=1S/C13H11BrO2.C5H5.F6P.Fe/c1-15-12-4-2-3-5-13(12)16-11-8-6-10(14)7-9-11;1-2-4-5-3-1;1-7(2,3,4,5)6;/h2-9H,1H3;1-5H;;/q;;-1;+2. The van der Waals surface area contributed by atoms with E-state index in [2.05, 4.69) is 15.9 Å². The Morgan fingerprint density at radius 1 is 0.690 bits per heavy atom. The second-order valence-electron chi connectivity index (χ2n) is 5.13. The second kappa shape index (κ2) is 10.9. The van der Waals surface area contributed by atoms with Crippen molar-refractivity contribution in [3.8, 4) is 17.2 Å². The predicted octanol–water partition coefficient (Wildman–Crippen LogP) is 8.65. The van der Waals surface area contributed by atoms with Crippen molar-refractivity contribution in [3.63, 3.8) is 0 Å². The monoisotopic (exact) mass is 544 g/mol. The number of rotatable bonds is 3. The number of methoxy groups -OCH3 is 1. The van der Waals surface area contributed by atoms with Crippen molar-refractivity contribution in [2.75, 3.05) is 7.11 Å². The van der Waals surface area contributed by atoms with E-state index in [1.807, 2.05) is 80.6 Å². The van der Waals surface area contributed by atoms with Crippen molar-refractivity contribution in [1.29, 1.82) is 0 Å². The summed E-state index contributed by atoms with van der Waals surface area (Å²) in [5.41, 5.74) is 0. The molecule has 0 unspecified atom stereocenters. The zero-order chi connectivity index (χ0) is 21.3. The summed E-state index contributed by atoms with van der Waals surface area (Å²) >= 11 is 3.38. The van der Waals surface area contributed by atoms with Gasteiger partial charge in [-0.15, -0.1) is 0 Å². The molecule has 0 heterocycles. The van der Waals surface area contributed by atoms with Crippen LogP contribution in [0.4, 0.5) is 25.2 Å². The maximum atomic E-state index is 9.87. The minimum atomic E-state index is -10.7. The Hall–Kier alpha value is -0.951. The molecule has 0 aliphatic heterocycles. The van der Waals surface area contributed by atoms with Crippen LogP contribution >= 0.6 is 23.7 Å². The first-order chi connectivity index (χ1) is 12.7. The van der Waals surface area contributed by atoms with E-state index in [-0.39, 0.29) is 17.1 Å². The average Bonchev–Trinajstić information content (AvgIpc) is 3.14. The summed E-state index contributed by atoms with van der Waals surface area (Å²) in [7, 11) is -9.03. The van der Waals surface area contributed by atoms with Crippen molar-refractivity contribution < 1.29 is 51.7 Å². The van der Waals surface area contributed by atoms with Gasteiger partial charge in [-0.05, 0) is 68.5 Å². The number of halogens is 7. The summed E-state index contributed by atoms with van der Waals surface area (Å²) in [6, 6.07) is 15.2. The van der Waals surface area contributed by atoms with Gasteiger partial charge in [-0.25, -0.2) is 0 Å². The topological polar surface area (TPSA) is 18.5 Å². The van der Waals surface area contributed by atoms with Crippen LogP contribution in [0.5, 0.6) is 17.2 Å². The summed E-state index contributed by atoms with van der Waals surface area (Å²) in [4.78, 5) is 0. The van der Waals surface area contributed by atoms with Crippen molar-refractivity contribution in [1.82, 2.24) is 0 Å². The van der Waals surface area contributed by atoms with Crippen molar-refractivity contribution in [2.45, 2.75) is 0 Å². The fraction of sp³-hybridized carbons (Fsp3) is 0.0556. The van der Waals surface area contributed by atoms with Crippen molar-refractivity contribution in [3.05, 3.63) is 85.1 Å². The quantitative estimate of drug-likeness (QED) is 0.219. The number of benzene rings is 2. The van der Waals surface area contributed by atoms with Gasteiger partial charge in [-0.2, -0.15) is 0 Å². The van der Waals surface area contributed by atoms with Crippen LogP contribution < -0.4 is 9.47 Å². The molecular weight excluding hydrogens is 529 g/mol. The summed E-state index contributed by atoms with van der Waals surface area (Å²) in [6.07, 6.45) is 10.0. The van der Waals surface area contributed by atoms with E-state index in [9.17, 15) is 25.2 Å². The maximum absolute atomic E-state index is 10.7. The van der Waals surface area contributed by atoms with E-state index in [0.29, 0.717) is 5.75 Å². The van der Waals surface area contributed by atoms with Crippen molar-refractivity contribution in [2.24, 2.45) is 0 Å². The first-order valence-corrected chi connectivity index (χ1v) is 10.4. The van der Waals surface area contributed by atoms with Gasteiger partial charge in [0, 0.05) is 4.47 Å². The molecule has 1 aliphatic rings. The van der Waals surface area contributed by atoms with Crippen molar-refractivity contribution >= 4 is 23.7 Å². The van der Waals surface area contributed by atoms with E-state index in [1.165, 1.54) is 0 Å². The van der Waals surface area contributed by atoms with Gasteiger partial charge in [0.05, 0.1) is 7.11 Å². The smallest absolute Gasteiger partial charge is 0.0312 e. The van der Waals surface area contributed by atoms with Gasteiger partial charge in [0.15, 0.2) is 11.5 Å². The van der Waals surface area contributed by atoms with Gasteiger partial charge in [0.2, 0.25) is 0 Å². The fourth-order valence-corrected chi connectivity index (χ4v) is 1.92. The normalized spacial score (nSPS) is 15.2. The Bertz CT molecular complexity index is 719. The molecule has 0 saturated heterocycles. The summed E-state index contributed by atoms with van der Waals surface area (Å²) in [5.74, 6) is 2.23. The molecular formula is C18H16BrF6FeO2P+. The molecule has 0 amide bonds. The van der Waals surface area contributed by atoms with Gasteiger partial charge < -0.3 is 9.47 Å². The summed E-state index contributed by atoms with van der Waals surface area (Å²) < 4.78 is 71.1. The zero-order valence-corrected chi connectivity index (χ0v) is 18.4. The predicted molar refractivity (Wildman–Crippen MR) is 102 cm³/mol. The van der Waals surface area contributed by atoms with Gasteiger partial charge in [-0.3, -0.25) is 0 Å². The molecule has 1 fully saturated rings. The molecule has 0 atom stereocenters. The molecule has 2 aromatic carbocycles. The molecule has 0 aromatic heterocycles. The molecule has 161 valence electrons. The molecule has 0 bridgehead atoms. The van der Waals surface area contributed by atoms with Crippen LogP contribution in [-0.4, -0.2) is 7.11 Å². The van der Waals surface area contributed by atoms with E-state index >= 15 is 0 Å². The number of para-hydroxylation sites is 2. The third-order valence-corrected chi connectivity index (χ3v) is 3.19. The largest absolute Gasteiger partial charge is 2.00 e. The third-order valence-electron chi connectivity index (χ3n) is 2.67. The molecule has 1 aliphatic carbocycles. The van der Waals surface area contributed by atoms with Gasteiger partial charge >= 0.3 is 50.1 Å². The number of ether oxygens (including phenoxy) is 2. The average molecular weight is 545 g/mol. The Morgan fingerprint density at radius 3 is 1.45 bits per heavy atom. The number of hydrogen-bond donors (Lipinski definition) is 0. The summed E-state index contributed by atoms with van der Waals surface area (Å²) in [6.45, 7) is 0. The van der Waals surface area contributed by atoms with Crippen LogP contribution in [0, 0.1) is 32.1 Å². The first kappa shape index (κ1) is 28.0. The van der Waals surface area contributed by atoms with Gasteiger partial charge in [0.1, 0.15) is 5.75 Å². The van der Waals surface area contributed by atoms with Crippen LogP contribution in [-0.2, 0) is 17.1 Å². The van der Waals surface area contributed by atoms with Crippen LogP contribution in [0.25, 0.3) is 0 Å². The fourth-order valence-electron chi connectivity index (χ4n) is 1.65. The molecule has 1 saturated carbocycles. The van der Waals surface area contributed by atoms with Crippen LogP contribution in [0.15, 0.2) is 53.0 Å². The Kier molecular flexibility index (Phi) is 10.5. The molecule has 2 aromatic rings. The third kappa shape index (κ3) is 17.6. The van der Waals surface area contributed by atoms with E-state index in [0.717, 1.165) is 16.0 Å². The molecule has 2 nitrogen and oxygen atoms in total. The first-order valence-electron chi connectivity index (χ1n) is 7.54. The maximum Gasteiger partial charge on any atom is 2.00 e. The molecule has 0 N–H and O–H groups in total. The Morgan fingerprint density at radius 2 is 1.07 bits per heavy atom. The van der Waals surface area contributed by atoms with Gasteiger partial charge in [-0.1, -0.05) is 28.1 Å². The Labute approximate surface area is 184 Å². The minimum Gasteiger partial charge on any atom is -0.0312 e.